The van der Waals surface area contributed by atoms with Gasteiger partial charge < -0.3 is 14.6 Å². The highest BCUT2D eigenvalue weighted by Gasteiger charge is 2.16. The second-order valence-corrected chi connectivity index (χ2v) is 16.5. The number of aliphatic hydroxyl groups excluding tert-OH is 1. The van der Waals surface area contributed by atoms with E-state index in [2.05, 4.69) is 86.8 Å². The van der Waals surface area contributed by atoms with Crippen molar-refractivity contribution in [2.24, 2.45) is 0 Å². The summed E-state index contributed by atoms with van der Waals surface area (Å²) in [6.07, 6.45) is 67.0. The molecule has 0 aromatic rings. The number of carbonyl (C=O) groups is 2. The molecule has 0 aliphatic rings. The van der Waals surface area contributed by atoms with Gasteiger partial charge in [-0.3, -0.25) is 9.59 Å². The summed E-state index contributed by atoms with van der Waals surface area (Å²) in [5.74, 6) is -0.596. The lowest BCUT2D eigenvalue weighted by atomic mass is 10.0. The summed E-state index contributed by atoms with van der Waals surface area (Å²) < 4.78 is 10.7. The number of ether oxygens (including phenoxy) is 2. The van der Waals surface area contributed by atoms with Crippen LogP contribution in [0.25, 0.3) is 0 Å². The first-order chi connectivity index (χ1) is 29.1. The fraction of sp³-hybridized carbons (Fsp3) is 0.741. The van der Waals surface area contributed by atoms with Gasteiger partial charge in [0.25, 0.3) is 0 Å². The monoisotopic (exact) mass is 823 g/mol. The van der Waals surface area contributed by atoms with E-state index in [1.807, 2.05) is 0 Å². The van der Waals surface area contributed by atoms with Crippen molar-refractivity contribution in [2.45, 2.75) is 245 Å². The van der Waals surface area contributed by atoms with Crippen LogP contribution in [-0.4, -0.2) is 36.4 Å². The topological polar surface area (TPSA) is 72.8 Å². The minimum Gasteiger partial charge on any atom is -0.462 e. The minimum atomic E-state index is -0.778. The predicted octanol–water partition coefficient (Wildman–Crippen LogP) is 16.5. The van der Waals surface area contributed by atoms with Crippen molar-refractivity contribution < 1.29 is 24.2 Å². The first-order valence-corrected chi connectivity index (χ1v) is 25.0. The van der Waals surface area contributed by atoms with E-state index in [1.54, 1.807) is 0 Å². The van der Waals surface area contributed by atoms with Crippen LogP contribution in [0, 0.1) is 0 Å². The van der Waals surface area contributed by atoms with E-state index in [-0.39, 0.29) is 25.2 Å². The van der Waals surface area contributed by atoms with Crippen LogP contribution in [0.4, 0.5) is 0 Å². The number of carbonyl (C=O) groups excluding carboxylic acids is 2. The summed E-state index contributed by atoms with van der Waals surface area (Å²) in [5.41, 5.74) is 0. The highest BCUT2D eigenvalue weighted by Crippen LogP contribution is 2.15. The maximum atomic E-state index is 12.3. The average molecular weight is 823 g/mol. The lowest BCUT2D eigenvalue weighted by Crippen LogP contribution is -2.28. The Labute approximate surface area is 365 Å². The van der Waals surface area contributed by atoms with Crippen molar-refractivity contribution in [1.29, 1.82) is 0 Å². The molecule has 0 aliphatic heterocycles. The van der Waals surface area contributed by atoms with E-state index in [9.17, 15) is 14.7 Å². The van der Waals surface area contributed by atoms with Crippen molar-refractivity contribution in [1.82, 2.24) is 0 Å². The van der Waals surface area contributed by atoms with Gasteiger partial charge in [-0.15, -0.1) is 0 Å². The van der Waals surface area contributed by atoms with Gasteiger partial charge in [-0.05, 0) is 83.5 Å². The van der Waals surface area contributed by atoms with Crippen LogP contribution in [0.5, 0.6) is 0 Å². The number of rotatable bonds is 45. The Morgan fingerprint density at radius 3 is 1.12 bits per heavy atom. The fourth-order valence-electron chi connectivity index (χ4n) is 6.99. The Balaban J connectivity index is 3.53. The summed E-state index contributed by atoms with van der Waals surface area (Å²) in [5, 5.41) is 9.62. The molecule has 0 aliphatic carbocycles. The van der Waals surface area contributed by atoms with Crippen molar-refractivity contribution in [2.75, 3.05) is 13.2 Å². The first-order valence-electron chi connectivity index (χ1n) is 25.0. The van der Waals surface area contributed by atoms with E-state index in [0.29, 0.717) is 12.8 Å². The van der Waals surface area contributed by atoms with Gasteiger partial charge in [0.1, 0.15) is 6.61 Å². The number of unbranched alkanes of at least 4 members (excludes halogenated alkanes) is 25. The Hall–Kier alpha value is -2.66. The molecule has 0 radical (unpaired) electrons. The van der Waals surface area contributed by atoms with E-state index >= 15 is 0 Å². The molecule has 5 nitrogen and oxygen atoms in total. The highest BCUT2D eigenvalue weighted by molar-refractivity contribution is 5.70. The molecule has 0 aromatic heterocycles. The molecule has 5 heteroatoms. The maximum Gasteiger partial charge on any atom is 0.306 e. The van der Waals surface area contributed by atoms with Gasteiger partial charge in [0, 0.05) is 12.8 Å². The molecule has 0 fully saturated rings. The molecular formula is C54H94O5. The summed E-state index contributed by atoms with van der Waals surface area (Å²) in [6, 6.07) is 0. The molecule has 0 spiro atoms. The summed E-state index contributed by atoms with van der Waals surface area (Å²) in [6.45, 7) is 4.03. The SMILES string of the molecule is CC/C=C\C/C=C\C/C=C\C/C=C\C/C=C\CCCCCCCCCCCCCC(=O)OC(CO)COC(=O)CCCCCCCCC/C=C\CCCCCCCCC. The van der Waals surface area contributed by atoms with Gasteiger partial charge in [-0.25, -0.2) is 0 Å². The smallest absolute Gasteiger partial charge is 0.306 e. The molecule has 0 bridgehead atoms. The number of hydrogen-bond acceptors (Lipinski definition) is 5. The van der Waals surface area contributed by atoms with Crippen LogP contribution in [0.2, 0.25) is 0 Å². The van der Waals surface area contributed by atoms with Gasteiger partial charge >= 0.3 is 11.9 Å². The average Bonchev–Trinajstić information content (AvgIpc) is 3.24. The zero-order chi connectivity index (χ0) is 42.8. The molecule has 0 amide bonds. The maximum absolute atomic E-state index is 12.3. The van der Waals surface area contributed by atoms with Crippen LogP contribution < -0.4 is 0 Å². The Morgan fingerprint density at radius 1 is 0.407 bits per heavy atom. The van der Waals surface area contributed by atoms with Crippen LogP contribution in [-0.2, 0) is 19.1 Å². The lowest BCUT2D eigenvalue weighted by Gasteiger charge is -2.15. The second kappa shape index (κ2) is 49.7. The van der Waals surface area contributed by atoms with Crippen LogP contribution >= 0.6 is 0 Å². The van der Waals surface area contributed by atoms with Crippen molar-refractivity contribution in [3.63, 3.8) is 0 Å². The molecule has 1 unspecified atom stereocenters. The van der Waals surface area contributed by atoms with E-state index in [4.69, 9.17) is 9.47 Å². The van der Waals surface area contributed by atoms with Crippen molar-refractivity contribution in [3.8, 4) is 0 Å². The van der Waals surface area contributed by atoms with E-state index in [1.165, 1.54) is 141 Å². The molecule has 0 saturated heterocycles. The number of esters is 2. The van der Waals surface area contributed by atoms with Gasteiger partial charge in [-0.1, -0.05) is 215 Å². The molecular weight excluding hydrogens is 729 g/mol. The van der Waals surface area contributed by atoms with E-state index < -0.39 is 6.10 Å². The first kappa shape index (κ1) is 56.3. The minimum absolute atomic E-state index is 0.0706. The zero-order valence-electron chi connectivity index (χ0n) is 38.7. The number of aliphatic hydroxyl groups is 1. The quantitative estimate of drug-likeness (QED) is 0.0376. The Bertz CT molecular complexity index is 1070. The third-order valence-electron chi connectivity index (χ3n) is 10.7. The molecule has 59 heavy (non-hydrogen) atoms. The third kappa shape index (κ3) is 47.9. The number of hydrogen-bond donors (Lipinski definition) is 1. The third-order valence-corrected chi connectivity index (χ3v) is 10.7. The van der Waals surface area contributed by atoms with Crippen molar-refractivity contribution in [3.05, 3.63) is 72.9 Å². The largest absolute Gasteiger partial charge is 0.462 e. The second-order valence-electron chi connectivity index (χ2n) is 16.5. The molecule has 0 aromatic carbocycles. The van der Waals surface area contributed by atoms with Crippen LogP contribution in [0.1, 0.15) is 239 Å². The van der Waals surface area contributed by atoms with Gasteiger partial charge in [0.2, 0.25) is 0 Å². The van der Waals surface area contributed by atoms with Gasteiger partial charge in [0.15, 0.2) is 6.10 Å². The molecule has 0 heterocycles. The van der Waals surface area contributed by atoms with Crippen molar-refractivity contribution >= 4 is 11.9 Å². The van der Waals surface area contributed by atoms with Crippen LogP contribution in [0.15, 0.2) is 72.9 Å². The fourth-order valence-corrected chi connectivity index (χ4v) is 6.99. The molecule has 1 atom stereocenters. The zero-order valence-corrected chi connectivity index (χ0v) is 38.7. The van der Waals surface area contributed by atoms with Crippen LogP contribution in [0.3, 0.4) is 0 Å². The summed E-state index contributed by atoms with van der Waals surface area (Å²) >= 11 is 0. The number of allylic oxidation sites excluding steroid dienone is 12. The summed E-state index contributed by atoms with van der Waals surface area (Å²) in [7, 11) is 0. The lowest BCUT2D eigenvalue weighted by molar-refractivity contribution is -0.161. The van der Waals surface area contributed by atoms with Gasteiger partial charge in [-0.2, -0.15) is 0 Å². The molecule has 340 valence electrons. The van der Waals surface area contributed by atoms with Gasteiger partial charge in [0.05, 0.1) is 6.61 Å². The van der Waals surface area contributed by atoms with E-state index in [0.717, 1.165) is 70.6 Å². The molecule has 0 rings (SSSR count). The Kier molecular flexibility index (Phi) is 47.5. The molecule has 0 saturated carbocycles. The standard InChI is InChI=1S/C54H94O5/c1-3-5-7-9-11-13-15-17-19-21-23-24-25-26-27-28-29-30-31-33-35-37-39-41-43-45-47-49-54(57)59-52(50-55)51-58-53(56)48-46-44-42-40-38-36-34-32-22-20-18-16-14-12-10-8-6-4-2/h5,7,11,13,17,19-20,22-24,26-27,52,55H,3-4,6,8-10,12,14-16,18,21,25,28-51H2,1-2H3/b7-5-,13-11-,19-17-,22-20-,24-23-,27-26-. The molecule has 1 N–H and O–H groups in total. The highest BCUT2D eigenvalue weighted by atomic mass is 16.6. The predicted molar refractivity (Wildman–Crippen MR) is 256 cm³/mol. The Morgan fingerprint density at radius 2 is 0.729 bits per heavy atom. The summed E-state index contributed by atoms with van der Waals surface area (Å²) in [4.78, 5) is 24.4. The normalized spacial score (nSPS) is 12.8.